The highest BCUT2D eigenvalue weighted by molar-refractivity contribution is 5.46. The Balaban J connectivity index is 1.67. The molecule has 1 heterocycles. The van der Waals surface area contributed by atoms with Crippen LogP contribution in [0.2, 0.25) is 0 Å². The fourth-order valence-corrected chi connectivity index (χ4v) is 2.58. The normalized spacial score (nSPS) is 10.4. The predicted octanol–water partition coefficient (Wildman–Crippen LogP) is 3.96. The number of pyridine rings is 1. The molecule has 2 aromatic carbocycles. The Morgan fingerprint density at radius 1 is 0.880 bits per heavy atom. The van der Waals surface area contributed by atoms with Gasteiger partial charge in [-0.2, -0.15) is 0 Å². The van der Waals surface area contributed by atoms with Gasteiger partial charge in [-0.3, -0.25) is 4.98 Å². The highest BCUT2D eigenvalue weighted by Gasteiger charge is 2.11. The zero-order valence-corrected chi connectivity index (χ0v) is 14.3. The summed E-state index contributed by atoms with van der Waals surface area (Å²) in [4.78, 5) is 4.32. The lowest BCUT2D eigenvalue weighted by atomic mass is 10.1. The number of hydrogen-bond acceptors (Lipinski definition) is 4. The molecule has 0 atom stereocenters. The second-order valence-corrected chi connectivity index (χ2v) is 5.65. The van der Waals surface area contributed by atoms with Crippen LogP contribution in [-0.4, -0.2) is 12.1 Å². The van der Waals surface area contributed by atoms with Gasteiger partial charge < -0.3 is 14.8 Å². The molecule has 4 nitrogen and oxygen atoms in total. The minimum absolute atomic E-state index is 0.508. The summed E-state index contributed by atoms with van der Waals surface area (Å²) < 4.78 is 11.5. The van der Waals surface area contributed by atoms with Crippen LogP contribution in [0.3, 0.4) is 0 Å². The molecule has 0 spiro atoms. The van der Waals surface area contributed by atoms with Crippen LogP contribution >= 0.6 is 0 Å². The number of rotatable bonds is 8. The van der Waals surface area contributed by atoms with Crippen molar-refractivity contribution in [1.82, 2.24) is 10.3 Å². The Hall–Kier alpha value is -2.85. The third-order valence-electron chi connectivity index (χ3n) is 3.85. The van der Waals surface area contributed by atoms with E-state index < -0.39 is 0 Å². The summed E-state index contributed by atoms with van der Waals surface area (Å²) in [7, 11) is 1.66. The summed E-state index contributed by atoms with van der Waals surface area (Å²) >= 11 is 0. The first-order chi connectivity index (χ1) is 12.4. The number of nitrogens with one attached hydrogen (secondary N) is 1. The topological polar surface area (TPSA) is 43.4 Å². The van der Waals surface area contributed by atoms with Crippen LogP contribution in [0.4, 0.5) is 0 Å². The van der Waals surface area contributed by atoms with Gasteiger partial charge in [0.2, 0.25) is 0 Å². The molecule has 0 unspecified atom stereocenters. The maximum absolute atomic E-state index is 6.07. The van der Waals surface area contributed by atoms with E-state index in [1.807, 2.05) is 54.6 Å². The van der Waals surface area contributed by atoms with Crippen LogP contribution in [0.15, 0.2) is 72.9 Å². The number of para-hydroxylation sites is 1. The SMILES string of the molecule is COc1cccc(CNCc2ccccn2)c1OCc1ccccc1. The van der Waals surface area contributed by atoms with Gasteiger partial charge in [-0.25, -0.2) is 0 Å². The van der Waals surface area contributed by atoms with Gasteiger partial charge in [-0.05, 0) is 23.8 Å². The molecule has 0 aliphatic heterocycles. The second kappa shape index (κ2) is 8.85. The highest BCUT2D eigenvalue weighted by atomic mass is 16.5. The molecule has 1 N–H and O–H groups in total. The number of benzene rings is 2. The lowest BCUT2D eigenvalue weighted by Gasteiger charge is -2.15. The van der Waals surface area contributed by atoms with Crippen LogP contribution in [0.1, 0.15) is 16.8 Å². The Morgan fingerprint density at radius 2 is 1.72 bits per heavy atom. The first-order valence-electron chi connectivity index (χ1n) is 8.30. The second-order valence-electron chi connectivity index (χ2n) is 5.65. The van der Waals surface area contributed by atoms with E-state index >= 15 is 0 Å². The number of aromatic nitrogens is 1. The summed E-state index contributed by atoms with van der Waals surface area (Å²) in [5, 5.41) is 3.41. The first kappa shape index (κ1) is 17.0. The van der Waals surface area contributed by atoms with Crippen LogP contribution in [0.5, 0.6) is 11.5 Å². The molecule has 25 heavy (non-hydrogen) atoms. The van der Waals surface area contributed by atoms with Crippen molar-refractivity contribution in [2.45, 2.75) is 19.7 Å². The van der Waals surface area contributed by atoms with Gasteiger partial charge >= 0.3 is 0 Å². The Kier molecular flexibility index (Phi) is 6.01. The highest BCUT2D eigenvalue weighted by Crippen LogP contribution is 2.31. The van der Waals surface area contributed by atoms with E-state index in [0.717, 1.165) is 28.3 Å². The van der Waals surface area contributed by atoms with Gasteiger partial charge in [0, 0.05) is 24.8 Å². The summed E-state index contributed by atoms with van der Waals surface area (Å²) in [5.74, 6) is 1.52. The van der Waals surface area contributed by atoms with Crippen molar-refractivity contribution in [3.8, 4) is 11.5 Å². The van der Waals surface area contributed by atoms with Crippen LogP contribution in [-0.2, 0) is 19.7 Å². The quantitative estimate of drug-likeness (QED) is 0.677. The first-order valence-corrected chi connectivity index (χ1v) is 8.30. The molecule has 3 rings (SSSR count). The molecule has 0 aliphatic carbocycles. The van der Waals surface area contributed by atoms with Crippen LogP contribution < -0.4 is 14.8 Å². The minimum atomic E-state index is 0.508. The number of ether oxygens (including phenoxy) is 2. The molecular weight excluding hydrogens is 312 g/mol. The number of methoxy groups -OCH3 is 1. The summed E-state index contributed by atoms with van der Waals surface area (Å²) in [6, 6.07) is 22.0. The van der Waals surface area contributed by atoms with Gasteiger partial charge in [-0.1, -0.05) is 48.5 Å². The van der Waals surface area contributed by atoms with Crippen molar-refractivity contribution in [3.05, 3.63) is 89.7 Å². The smallest absolute Gasteiger partial charge is 0.166 e. The lowest BCUT2D eigenvalue weighted by molar-refractivity contribution is 0.280. The average Bonchev–Trinajstić information content (AvgIpc) is 2.68. The molecule has 0 amide bonds. The monoisotopic (exact) mass is 334 g/mol. The zero-order valence-electron chi connectivity index (χ0n) is 14.3. The Morgan fingerprint density at radius 3 is 2.48 bits per heavy atom. The van der Waals surface area contributed by atoms with Crippen LogP contribution in [0, 0.1) is 0 Å². The van der Waals surface area contributed by atoms with Crippen molar-refractivity contribution in [3.63, 3.8) is 0 Å². The van der Waals surface area contributed by atoms with Crippen molar-refractivity contribution >= 4 is 0 Å². The number of hydrogen-bond donors (Lipinski definition) is 1. The maximum atomic E-state index is 6.07. The van der Waals surface area contributed by atoms with Crippen LogP contribution in [0.25, 0.3) is 0 Å². The van der Waals surface area contributed by atoms with E-state index in [1.54, 1.807) is 13.3 Å². The van der Waals surface area contributed by atoms with Crippen molar-refractivity contribution < 1.29 is 9.47 Å². The molecule has 0 saturated heterocycles. The molecule has 0 fully saturated rings. The largest absolute Gasteiger partial charge is 0.493 e. The molecule has 0 aliphatic rings. The van der Waals surface area contributed by atoms with Gasteiger partial charge in [0.15, 0.2) is 11.5 Å². The fourth-order valence-electron chi connectivity index (χ4n) is 2.58. The zero-order chi connectivity index (χ0) is 17.3. The van der Waals surface area contributed by atoms with E-state index in [0.29, 0.717) is 19.7 Å². The fraction of sp³-hybridized carbons (Fsp3) is 0.190. The summed E-state index contributed by atoms with van der Waals surface area (Å²) in [6.45, 7) is 1.89. The molecular formula is C21H22N2O2. The minimum Gasteiger partial charge on any atom is -0.493 e. The predicted molar refractivity (Wildman–Crippen MR) is 98.5 cm³/mol. The summed E-state index contributed by atoms with van der Waals surface area (Å²) in [5.41, 5.74) is 3.20. The Bertz CT molecular complexity index is 776. The molecule has 1 aromatic heterocycles. The standard InChI is InChI=1S/C21H22N2O2/c1-24-20-12-7-10-18(14-22-15-19-11-5-6-13-23-19)21(20)25-16-17-8-3-2-4-9-17/h2-13,22H,14-16H2,1H3. The molecule has 128 valence electrons. The van der Waals surface area contributed by atoms with Gasteiger partial charge in [-0.15, -0.1) is 0 Å². The van der Waals surface area contributed by atoms with E-state index in [-0.39, 0.29) is 0 Å². The molecule has 4 heteroatoms. The van der Waals surface area contributed by atoms with E-state index in [2.05, 4.69) is 22.4 Å². The maximum Gasteiger partial charge on any atom is 0.166 e. The molecule has 0 radical (unpaired) electrons. The van der Waals surface area contributed by atoms with Crippen molar-refractivity contribution in [2.24, 2.45) is 0 Å². The molecule has 0 saturated carbocycles. The van der Waals surface area contributed by atoms with Gasteiger partial charge in [0.05, 0.1) is 12.8 Å². The molecule has 3 aromatic rings. The van der Waals surface area contributed by atoms with E-state index in [1.165, 1.54) is 0 Å². The van der Waals surface area contributed by atoms with Gasteiger partial charge in [0.1, 0.15) is 6.61 Å². The third-order valence-corrected chi connectivity index (χ3v) is 3.85. The van der Waals surface area contributed by atoms with E-state index in [4.69, 9.17) is 9.47 Å². The lowest BCUT2D eigenvalue weighted by Crippen LogP contribution is -2.14. The summed E-state index contributed by atoms with van der Waals surface area (Å²) in [6.07, 6.45) is 1.80. The van der Waals surface area contributed by atoms with Crippen molar-refractivity contribution in [1.29, 1.82) is 0 Å². The average molecular weight is 334 g/mol. The molecule has 0 bridgehead atoms. The van der Waals surface area contributed by atoms with Gasteiger partial charge in [0.25, 0.3) is 0 Å². The van der Waals surface area contributed by atoms with Crippen molar-refractivity contribution in [2.75, 3.05) is 7.11 Å². The Labute approximate surface area is 148 Å². The number of nitrogens with zero attached hydrogens (tertiary/aromatic N) is 1. The van der Waals surface area contributed by atoms with E-state index in [9.17, 15) is 0 Å². The third kappa shape index (κ3) is 4.81.